The molecule has 0 bridgehead atoms. The van der Waals surface area contributed by atoms with Gasteiger partial charge in [0.1, 0.15) is 0 Å². The molecule has 0 aliphatic heterocycles. The van der Waals surface area contributed by atoms with Gasteiger partial charge < -0.3 is 5.73 Å². The molecule has 1 nitrogen and oxygen atoms in total. The second kappa shape index (κ2) is 7.02. The standard InChI is InChI=1S/C12H10.C6H7N/c1-3-7-11(8-4-1)12-9-5-2-6-10-12;7-6-4-2-1-3-5-6/h1-10H;1-5H,7H2. The maximum atomic E-state index is 5.36. The second-order valence-electron chi connectivity index (χ2n) is 4.14. The van der Waals surface area contributed by atoms with Crippen molar-refractivity contribution in [3.05, 3.63) is 91.0 Å². The minimum Gasteiger partial charge on any atom is -0.399 e. The Kier molecular flexibility index (Phi) is 4.77. The molecule has 0 fully saturated rings. The van der Waals surface area contributed by atoms with Gasteiger partial charge in [-0.3, -0.25) is 0 Å². The average Bonchev–Trinajstić information content (AvgIpc) is 2.51. The van der Waals surface area contributed by atoms with Crippen LogP contribution in [0, 0.1) is 0 Å². The first kappa shape index (κ1) is 12.9. The molecule has 0 spiro atoms. The molecular formula is C18H17N. The molecule has 0 aromatic heterocycles. The Balaban J connectivity index is 0.000000163. The zero-order valence-electron chi connectivity index (χ0n) is 10.7. The van der Waals surface area contributed by atoms with Crippen LogP contribution in [0.4, 0.5) is 5.69 Å². The van der Waals surface area contributed by atoms with Gasteiger partial charge in [-0.2, -0.15) is 0 Å². The van der Waals surface area contributed by atoms with E-state index in [0.29, 0.717) is 0 Å². The van der Waals surface area contributed by atoms with Crippen LogP contribution >= 0.6 is 0 Å². The lowest BCUT2D eigenvalue weighted by Crippen LogP contribution is -1.79. The summed E-state index contributed by atoms with van der Waals surface area (Å²) in [5.74, 6) is 0. The van der Waals surface area contributed by atoms with E-state index >= 15 is 0 Å². The first-order chi connectivity index (χ1) is 9.36. The molecule has 0 saturated carbocycles. The Labute approximate surface area is 114 Å². The van der Waals surface area contributed by atoms with Gasteiger partial charge in [0.2, 0.25) is 0 Å². The highest BCUT2D eigenvalue weighted by atomic mass is 14.5. The van der Waals surface area contributed by atoms with Gasteiger partial charge in [0.25, 0.3) is 0 Å². The molecule has 3 rings (SSSR count). The van der Waals surface area contributed by atoms with Gasteiger partial charge in [-0.15, -0.1) is 0 Å². The number of para-hydroxylation sites is 1. The summed E-state index contributed by atoms with van der Waals surface area (Å²) in [6.45, 7) is 0. The van der Waals surface area contributed by atoms with Crippen molar-refractivity contribution in [2.24, 2.45) is 0 Å². The van der Waals surface area contributed by atoms with E-state index in [1.165, 1.54) is 11.1 Å². The van der Waals surface area contributed by atoms with Crippen molar-refractivity contribution in [3.8, 4) is 11.1 Å². The number of benzene rings is 3. The largest absolute Gasteiger partial charge is 0.399 e. The first-order valence-electron chi connectivity index (χ1n) is 6.27. The van der Waals surface area contributed by atoms with Gasteiger partial charge in [0, 0.05) is 5.69 Å². The van der Waals surface area contributed by atoms with Crippen molar-refractivity contribution in [1.82, 2.24) is 0 Å². The molecule has 0 atom stereocenters. The second-order valence-corrected chi connectivity index (χ2v) is 4.14. The van der Waals surface area contributed by atoms with E-state index < -0.39 is 0 Å². The quantitative estimate of drug-likeness (QED) is 0.624. The molecule has 1 heteroatoms. The van der Waals surface area contributed by atoms with Gasteiger partial charge in [-0.05, 0) is 23.3 Å². The Morgan fingerprint density at radius 3 is 1.00 bits per heavy atom. The van der Waals surface area contributed by atoms with Crippen molar-refractivity contribution >= 4 is 5.69 Å². The van der Waals surface area contributed by atoms with E-state index in [1.807, 2.05) is 42.5 Å². The van der Waals surface area contributed by atoms with Gasteiger partial charge in [-0.1, -0.05) is 78.9 Å². The van der Waals surface area contributed by atoms with Crippen molar-refractivity contribution in [1.29, 1.82) is 0 Å². The van der Waals surface area contributed by atoms with Gasteiger partial charge >= 0.3 is 0 Å². The summed E-state index contributed by atoms with van der Waals surface area (Å²) in [4.78, 5) is 0. The minimum absolute atomic E-state index is 0.822. The zero-order valence-corrected chi connectivity index (χ0v) is 10.7. The molecule has 0 saturated heterocycles. The monoisotopic (exact) mass is 247 g/mol. The lowest BCUT2D eigenvalue weighted by Gasteiger charge is -1.98. The van der Waals surface area contributed by atoms with Crippen molar-refractivity contribution < 1.29 is 0 Å². The minimum atomic E-state index is 0.822. The Morgan fingerprint density at radius 1 is 0.421 bits per heavy atom. The van der Waals surface area contributed by atoms with Gasteiger partial charge in [0.05, 0.1) is 0 Å². The van der Waals surface area contributed by atoms with Crippen LogP contribution in [-0.4, -0.2) is 0 Å². The molecule has 0 amide bonds. The normalized spacial score (nSPS) is 9.26. The molecule has 0 radical (unpaired) electrons. The lowest BCUT2D eigenvalue weighted by molar-refractivity contribution is 1.62. The predicted molar refractivity (Wildman–Crippen MR) is 82.7 cm³/mol. The molecule has 3 aromatic carbocycles. The third kappa shape index (κ3) is 4.32. The lowest BCUT2D eigenvalue weighted by atomic mass is 10.1. The Bertz CT molecular complexity index is 536. The number of nitrogens with two attached hydrogens (primary N) is 1. The van der Waals surface area contributed by atoms with Crippen LogP contribution < -0.4 is 5.73 Å². The van der Waals surface area contributed by atoms with Crippen LogP contribution in [0.25, 0.3) is 11.1 Å². The average molecular weight is 247 g/mol. The third-order valence-electron chi connectivity index (χ3n) is 2.68. The summed E-state index contributed by atoms with van der Waals surface area (Å²) in [5, 5.41) is 0. The molecule has 0 aliphatic rings. The Morgan fingerprint density at radius 2 is 0.737 bits per heavy atom. The fraction of sp³-hybridized carbons (Fsp3) is 0. The van der Waals surface area contributed by atoms with E-state index in [1.54, 1.807) is 0 Å². The predicted octanol–water partition coefficient (Wildman–Crippen LogP) is 4.62. The highest BCUT2D eigenvalue weighted by Gasteiger charge is 1.91. The Hall–Kier alpha value is -2.54. The van der Waals surface area contributed by atoms with E-state index in [-0.39, 0.29) is 0 Å². The van der Waals surface area contributed by atoms with Crippen LogP contribution in [-0.2, 0) is 0 Å². The van der Waals surface area contributed by atoms with Crippen LogP contribution in [0.3, 0.4) is 0 Å². The maximum absolute atomic E-state index is 5.36. The molecule has 2 N–H and O–H groups in total. The SMILES string of the molecule is Nc1ccccc1.c1ccc(-c2ccccc2)cc1. The first-order valence-corrected chi connectivity index (χ1v) is 6.27. The number of nitrogen functional groups attached to an aromatic ring is 1. The number of anilines is 1. The van der Waals surface area contributed by atoms with Gasteiger partial charge in [-0.25, -0.2) is 0 Å². The van der Waals surface area contributed by atoms with E-state index in [9.17, 15) is 0 Å². The van der Waals surface area contributed by atoms with Crippen LogP contribution in [0.15, 0.2) is 91.0 Å². The highest BCUT2D eigenvalue weighted by Crippen LogP contribution is 2.17. The molecule has 0 heterocycles. The molecule has 3 aromatic rings. The summed E-state index contributed by atoms with van der Waals surface area (Å²) in [6, 6.07) is 30.3. The highest BCUT2D eigenvalue weighted by molar-refractivity contribution is 5.62. The summed E-state index contributed by atoms with van der Waals surface area (Å²) in [7, 11) is 0. The third-order valence-corrected chi connectivity index (χ3v) is 2.68. The molecular weight excluding hydrogens is 230 g/mol. The summed E-state index contributed by atoms with van der Waals surface area (Å²) in [6.07, 6.45) is 0. The molecule has 94 valence electrons. The van der Waals surface area contributed by atoms with Crippen molar-refractivity contribution in [3.63, 3.8) is 0 Å². The fourth-order valence-electron chi connectivity index (χ4n) is 1.71. The summed E-state index contributed by atoms with van der Waals surface area (Å²) >= 11 is 0. The molecule has 0 aliphatic carbocycles. The molecule has 19 heavy (non-hydrogen) atoms. The van der Waals surface area contributed by atoms with Crippen LogP contribution in [0.5, 0.6) is 0 Å². The zero-order chi connectivity index (χ0) is 13.3. The van der Waals surface area contributed by atoms with Crippen LogP contribution in [0.1, 0.15) is 0 Å². The smallest absolute Gasteiger partial charge is 0.0313 e. The van der Waals surface area contributed by atoms with Gasteiger partial charge in [0.15, 0.2) is 0 Å². The number of hydrogen-bond acceptors (Lipinski definition) is 1. The van der Waals surface area contributed by atoms with Crippen molar-refractivity contribution in [2.45, 2.75) is 0 Å². The maximum Gasteiger partial charge on any atom is 0.0313 e. The van der Waals surface area contributed by atoms with Crippen molar-refractivity contribution in [2.75, 3.05) is 5.73 Å². The fourth-order valence-corrected chi connectivity index (χ4v) is 1.71. The molecule has 0 unspecified atom stereocenters. The summed E-state index contributed by atoms with van der Waals surface area (Å²) in [5.41, 5.74) is 8.73. The number of hydrogen-bond donors (Lipinski definition) is 1. The topological polar surface area (TPSA) is 26.0 Å². The number of rotatable bonds is 1. The van der Waals surface area contributed by atoms with E-state index in [2.05, 4.69) is 48.5 Å². The van der Waals surface area contributed by atoms with E-state index in [4.69, 9.17) is 5.73 Å². The summed E-state index contributed by atoms with van der Waals surface area (Å²) < 4.78 is 0. The van der Waals surface area contributed by atoms with E-state index in [0.717, 1.165) is 5.69 Å². The van der Waals surface area contributed by atoms with Crippen LogP contribution in [0.2, 0.25) is 0 Å².